The Kier molecular flexibility index (Phi) is 4.20. The molecule has 0 fully saturated rings. The molecule has 2 aromatic carbocycles. The molecule has 1 N–H and O–H groups in total. The number of benzene rings is 2. The Morgan fingerprint density at radius 2 is 1.70 bits per heavy atom. The maximum atomic E-state index is 13.4. The molecule has 0 spiro atoms. The van der Waals surface area contributed by atoms with Crippen LogP contribution in [-0.4, -0.2) is 5.91 Å². The largest absolute Gasteiger partial charge is 0.319 e. The number of rotatable bonds is 2. The molecular weight excluding hydrogens is 314 g/mol. The van der Waals surface area contributed by atoms with Crippen LogP contribution >= 0.6 is 23.2 Å². The molecule has 7 heteroatoms. The number of hydrogen-bond donors (Lipinski definition) is 1. The van der Waals surface area contributed by atoms with Gasteiger partial charge in [0.15, 0.2) is 17.5 Å². The lowest BCUT2D eigenvalue weighted by Gasteiger charge is -2.08. The number of nitrogens with one attached hydrogen (secondary N) is 1. The van der Waals surface area contributed by atoms with Crippen LogP contribution in [0.5, 0.6) is 0 Å². The fourth-order valence-electron chi connectivity index (χ4n) is 1.49. The van der Waals surface area contributed by atoms with Gasteiger partial charge in [0.25, 0.3) is 5.91 Å². The second-order valence-electron chi connectivity index (χ2n) is 3.80. The van der Waals surface area contributed by atoms with Crippen LogP contribution in [0.15, 0.2) is 30.3 Å². The van der Waals surface area contributed by atoms with Gasteiger partial charge in [-0.25, -0.2) is 13.2 Å². The van der Waals surface area contributed by atoms with Crippen LogP contribution < -0.4 is 5.32 Å². The summed E-state index contributed by atoms with van der Waals surface area (Å²) in [6.07, 6.45) is 0. The molecule has 0 saturated heterocycles. The summed E-state index contributed by atoms with van der Waals surface area (Å²) in [5.41, 5.74) is -0.458. The van der Waals surface area contributed by atoms with E-state index in [1.807, 2.05) is 0 Å². The first kappa shape index (κ1) is 14.7. The van der Waals surface area contributed by atoms with E-state index in [9.17, 15) is 18.0 Å². The number of carbonyl (C=O) groups is 1. The van der Waals surface area contributed by atoms with Crippen LogP contribution in [0.1, 0.15) is 10.4 Å². The molecule has 0 atom stereocenters. The minimum absolute atomic E-state index is 0.0280. The van der Waals surface area contributed by atoms with Crippen molar-refractivity contribution in [3.05, 3.63) is 63.4 Å². The van der Waals surface area contributed by atoms with Gasteiger partial charge in [-0.2, -0.15) is 0 Å². The van der Waals surface area contributed by atoms with Gasteiger partial charge in [0.1, 0.15) is 0 Å². The summed E-state index contributed by atoms with van der Waals surface area (Å²) in [5.74, 6) is -5.25. The fourth-order valence-corrected chi connectivity index (χ4v) is 1.98. The molecule has 0 aromatic heterocycles. The summed E-state index contributed by atoms with van der Waals surface area (Å²) >= 11 is 11.5. The highest BCUT2D eigenvalue weighted by Crippen LogP contribution is 2.24. The third-order valence-electron chi connectivity index (χ3n) is 2.46. The molecule has 1 amide bonds. The zero-order chi connectivity index (χ0) is 14.9. The SMILES string of the molecule is O=C(Nc1ccc(F)c(F)c1F)c1ccc(Cl)cc1Cl. The van der Waals surface area contributed by atoms with Crippen LogP contribution in [0.2, 0.25) is 10.0 Å². The van der Waals surface area contributed by atoms with Gasteiger partial charge in [0.05, 0.1) is 16.3 Å². The van der Waals surface area contributed by atoms with Gasteiger partial charge in [-0.1, -0.05) is 23.2 Å². The Morgan fingerprint density at radius 3 is 2.35 bits per heavy atom. The number of hydrogen-bond acceptors (Lipinski definition) is 1. The second kappa shape index (κ2) is 5.73. The summed E-state index contributed by atoms with van der Waals surface area (Å²) < 4.78 is 39.2. The number of anilines is 1. The standard InChI is InChI=1S/C13H6Cl2F3NO/c14-6-1-2-7(8(15)5-6)13(20)19-10-4-3-9(16)11(17)12(10)18/h1-5H,(H,19,20). The molecule has 0 unspecified atom stereocenters. The zero-order valence-corrected chi connectivity index (χ0v) is 11.2. The number of amides is 1. The lowest BCUT2D eigenvalue weighted by Crippen LogP contribution is -2.14. The Bertz CT molecular complexity index is 692. The monoisotopic (exact) mass is 319 g/mol. The van der Waals surface area contributed by atoms with Crippen LogP contribution in [0.3, 0.4) is 0 Å². The van der Waals surface area contributed by atoms with Crippen LogP contribution in [-0.2, 0) is 0 Å². The lowest BCUT2D eigenvalue weighted by atomic mass is 10.2. The molecule has 0 radical (unpaired) electrons. The predicted octanol–water partition coefficient (Wildman–Crippen LogP) is 4.66. The normalized spacial score (nSPS) is 10.4. The molecule has 0 saturated carbocycles. The topological polar surface area (TPSA) is 29.1 Å². The Balaban J connectivity index is 2.30. The minimum Gasteiger partial charge on any atom is -0.319 e. The van der Waals surface area contributed by atoms with Crippen molar-refractivity contribution >= 4 is 34.8 Å². The fraction of sp³-hybridized carbons (Fsp3) is 0. The summed E-state index contributed by atoms with van der Waals surface area (Å²) in [5, 5.41) is 2.48. The highest BCUT2D eigenvalue weighted by molar-refractivity contribution is 6.37. The smallest absolute Gasteiger partial charge is 0.257 e. The first-order chi connectivity index (χ1) is 9.40. The van der Waals surface area contributed by atoms with E-state index in [0.29, 0.717) is 11.1 Å². The van der Waals surface area contributed by atoms with Gasteiger partial charge in [-0.05, 0) is 30.3 Å². The molecule has 104 valence electrons. The van der Waals surface area contributed by atoms with E-state index >= 15 is 0 Å². The van der Waals surface area contributed by atoms with Gasteiger partial charge in [-0.15, -0.1) is 0 Å². The molecule has 20 heavy (non-hydrogen) atoms. The van der Waals surface area contributed by atoms with Crippen molar-refractivity contribution < 1.29 is 18.0 Å². The van der Waals surface area contributed by atoms with Crippen LogP contribution in [0, 0.1) is 17.5 Å². The number of halogens is 5. The first-order valence-electron chi connectivity index (χ1n) is 5.30. The highest BCUT2D eigenvalue weighted by atomic mass is 35.5. The van der Waals surface area contributed by atoms with E-state index in [1.54, 1.807) is 0 Å². The highest BCUT2D eigenvalue weighted by Gasteiger charge is 2.17. The minimum atomic E-state index is -1.66. The third kappa shape index (κ3) is 2.89. The average molecular weight is 320 g/mol. The molecule has 0 aliphatic rings. The van der Waals surface area contributed by atoms with Crippen LogP contribution in [0.4, 0.5) is 18.9 Å². The maximum Gasteiger partial charge on any atom is 0.257 e. The van der Waals surface area contributed by atoms with E-state index in [1.165, 1.54) is 18.2 Å². The van der Waals surface area contributed by atoms with E-state index in [-0.39, 0.29) is 10.6 Å². The third-order valence-corrected chi connectivity index (χ3v) is 3.01. The summed E-state index contributed by atoms with van der Waals surface area (Å²) in [6.45, 7) is 0. The zero-order valence-electron chi connectivity index (χ0n) is 9.68. The summed E-state index contributed by atoms with van der Waals surface area (Å²) in [4.78, 5) is 11.9. The van der Waals surface area contributed by atoms with Gasteiger partial charge in [0, 0.05) is 5.02 Å². The molecule has 0 heterocycles. The van der Waals surface area contributed by atoms with Crippen molar-refractivity contribution in [2.45, 2.75) is 0 Å². The Hall–Kier alpha value is -1.72. The maximum absolute atomic E-state index is 13.4. The van der Waals surface area contributed by atoms with Crippen molar-refractivity contribution in [2.24, 2.45) is 0 Å². The quantitative estimate of drug-likeness (QED) is 0.801. The van der Waals surface area contributed by atoms with Gasteiger partial charge < -0.3 is 5.32 Å². The van der Waals surface area contributed by atoms with Crippen molar-refractivity contribution in [2.75, 3.05) is 5.32 Å². The van der Waals surface area contributed by atoms with E-state index in [2.05, 4.69) is 5.32 Å². The van der Waals surface area contributed by atoms with Gasteiger partial charge in [0.2, 0.25) is 0 Å². The molecular formula is C13H6Cl2F3NO. The first-order valence-corrected chi connectivity index (χ1v) is 6.05. The van der Waals surface area contributed by atoms with Crippen molar-refractivity contribution in [1.82, 2.24) is 0 Å². The Morgan fingerprint density at radius 1 is 1.00 bits per heavy atom. The molecule has 0 bridgehead atoms. The summed E-state index contributed by atoms with van der Waals surface area (Å²) in [7, 11) is 0. The van der Waals surface area contributed by atoms with Gasteiger partial charge in [-0.3, -0.25) is 4.79 Å². The van der Waals surface area contributed by atoms with Crippen molar-refractivity contribution in [3.63, 3.8) is 0 Å². The molecule has 2 nitrogen and oxygen atoms in total. The van der Waals surface area contributed by atoms with E-state index < -0.39 is 29.0 Å². The molecule has 2 aromatic rings. The van der Waals surface area contributed by atoms with E-state index in [4.69, 9.17) is 23.2 Å². The average Bonchev–Trinajstić information content (AvgIpc) is 2.39. The number of carbonyl (C=O) groups excluding carboxylic acids is 1. The summed E-state index contributed by atoms with van der Waals surface area (Å²) in [6, 6.07) is 5.70. The van der Waals surface area contributed by atoms with E-state index in [0.717, 1.165) is 6.07 Å². The molecule has 0 aliphatic heterocycles. The van der Waals surface area contributed by atoms with Crippen molar-refractivity contribution in [1.29, 1.82) is 0 Å². The molecule has 0 aliphatic carbocycles. The van der Waals surface area contributed by atoms with Crippen molar-refractivity contribution in [3.8, 4) is 0 Å². The molecule has 2 rings (SSSR count). The van der Waals surface area contributed by atoms with Crippen LogP contribution in [0.25, 0.3) is 0 Å². The Labute approximate surface area is 122 Å². The predicted molar refractivity (Wildman–Crippen MR) is 70.7 cm³/mol. The lowest BCUT2D eigenvalue weighted by molar-refractivity contribution is 0.102. The second-order valence-corrected chi connectivity index (χ2v) is 4.64. The van der Waals surface area contributed by atoms with Gasteiger partial charge >= 0.3 is 0 Å².